The Hall–Kier alpha value is -2.26. The minimum atomic E-state index is -0.823. The van der Waals surface area contributed by atoms with E-state index in [1.807, 2.05) is 36.4 Å². The Labute approximate surface area is 119 Å². The predicted octanol–water partition coefficient (Wildman–Crippen LogP) is 4.42. The molecule has 98 valence electrons. The van der Waals surface area contributed by atoms with Crippen molar-refractivity contribution in [3.63, 3.8) is 0 Å². The molecule has 0 radical (unpaired) electrons. The van der Waals surface area contributed by atoms with Crippen molar-refractivity contribution >= 4 is 27.7 Å². The van der Waals surface area contributed by atoms with Crippen LogP contribution in [0.5, 0.6) is 0 Å². The standard InChI is InChI=1S/C16H9ClFNO/c17-16(20)12-8-6-11-7-9-13(19-15(11)14(12)18)10-4-2-1-3-5-10/h1-9H. The molecule has 0 unspecified atom stereocenters. The molecular weight excluding hydrogens is 277 g/mol. The number of nitrogens with zero attached hydrogens (tertiary/aromatic N) is 1. The lowest BCUT2D eigenvalue weighted by atomic mass is 10.1. The van der Waals surface area contributed by atoms with Crippen molar-refractivity contribution in [3.8, 4) is 11.3 Å². The summed E-state index contributed by atoms with van der Waals surface area (Å²) in [5.74, 6) is -0.680. The summed E-state index contributed by atoms with van der Waals surface area (Å²) in [7, 11) is 0. The molecule has 3 rings (SSSR count). The van der Waals surface area contributed by atoms with Gasteiger partial charge in [-0.3, -0.25) is 4.79 Å². The summed E-state index contributed by atoms with van der Waals surface area (Å²) in [6.07, 6.45) is 0. The fourth-order valence-electron chi connectivity index (χ4n) is 2.08. The lowest BCUT2D eigenvalue weighted by Crippen LogP contribution is -1.97. The molecule has 3 aromatic rings. The zero-order chi connectivity index (χ0) is 14.1. The fraction of sp³-hybridized carbons (Fsp3) is 0. The summed E-state index contributed by atoms with van der Waals surface area (Å²) in [6.45, 7) is 0. The highest BCUT2D eigenvalue weighted by Crippen LogP contribution is 2.25. The van der Waals surface area contributed by atoms with E-state index < -0.39 is 11.1 Å². The number of carbonyl (C=O) groups is 1. The zero-order valence-electron chi connectivity index (χ0n) is 10.3. The number of aromatic nitrogens is 1. The van der Waals surface area contributed by atoms with E-state index in [-0.39, 0.29) is 11.1 Å². The van der Waals surface area contributed by atoms with Crippen molar-refractivity contribution < 1.29 is 9.18 Å². The molecule has 0 spiro atoms. The molecule has 2 aromatic carbocycles. The first-order valence-corrected chi connectivity index (χ1v) is 6.39. The molecule has 0 aliphatic carbocycles. The number of hydrogen-bond donors (Lipinski definition) is 0. The van der Waals surface area contributed by atoms with E-state index in [1.165, 1.54) is 6.07 Å². The minimum Gasteiger partial charge on any atom is -0.275 e. The molecule has 4 heteroatoms. The molecule has 1 aromatic heterocycles. The average Bonchev–Trinajstić information content (AvgIpc) is 2.48. The fourth-order valence-corrected chi connectivity index (χ4v) is 2.22. The number of rotatable bonds is 2. The summed E-state index contributed by atoms with van der Waals surface area (Å²) in [5.41, 5.74) is 1.53. The van der Waals surface area contributed by atoms with Crippen LogP contribution in [0.2, 0.25) is 0 Å². The van der Waals surface area contributed by atoms with Gasteiger partial charge in [0.15, 0.2) is 5.82 Å². The van der Waals surface area contributed by atoms with Crippen LogP contribution < -0.4 is 0 Å². The maximum atomic E-state index is 14.2. The van der Waals surface area contributed by atoms with E-state index in [4.69, 9.17) is 11.6 Å². The monoisotopic (exact) mass is 285 g/mol. The summed E-state index contributed by atoms with van der Waals surface area (Å²) >= 11 is 5.36. The molecule has 1 heterocycles. The third-order valence-electron chi connectivity index (χ3n) is 3.08. The Morgan fingerprint density at radius 1 is 1.00 bits per heavy atom. The van der Waals surface area contributed by atoms with Crippen LogP contribution in [0.15, 0.2) is 54.6 Å². The Bertz CT molecular complexity index is 802. The van der Waals surface area contributed by atoms with Gasteiger partial charge in [-0.2, -0.15) is 0 Å². The Balaban J connectivity index is 2.24. The van der Waals surface area contributed by atoms with Crippen LogP contribution in [0, 0.1) is 5.82 Å². The Morgan fingerprint density at radius 3 is 2.40 bits per heavy atom. The molecule has 0 atom stereocenters. The van der Waals surface area contributed by atoms with Gasteiger partial charge < -0.3 is 0 Å². The van der Waals surface area contributed by atoms with Crippen molar-refractivity contribution in [2.45, 2.75) is 0 Å². The van der Waals surface area contributed by atoms with E-state index in [0.29, 0.717) is 11.1 Å². The average molecular weight is 286 g/mol. The number of benzene rings is 2. The van der Waals surface area contributed by atoms with Crippen molar-refractivity contribution in [2.75, 3.05) is 0 Å². The first-order valence-electron chi connectivity index (χ1n) is 6.01. The second kappa shape index (κ2) is 5.02. The second-order valence-corrected chi connectivity index (χ2v) is 4.68. The molecule has 0 N–H and O–H groups in total. The molecule has 0 bridgehead atoms. The number of hydrogen-bond acceptors (Lipinski definition) is 2. The van der Waals surface area contributed by atoms with Crippen LogP contribution in [0.3, 0.4) is 0 Å². The molecule has 0 amide bonds. The zero-order valence-corrected chi connectivity index (χ0v) is 11.1. The molecular formula is C16H9ClFNO. The topological polar surface area (TPSA) is 30.0 Å². The van der Waals surface area contributed by atoms with Gasteiger partial charge in [-0.05, 0) is 23.7 Å². The van der Waals surface area contributed by atoms with Gasteiger partial charge in [0.1, 0.15) is 5.52 Å². The largest absolute Gasteiger partial charge is 0.275 e. The van der Waals surface area contributed by atoms with Crippen molar-refractivity contribution in [3.05, 3.63) is 66.0 Å². The first-order chi connectivity index (χ1) is 9.66. The summed E-state index contributed by atoms with van der Waals surface area (Å²) in [5, 5.41) is -0.194. The maximum absolute atomic E-state index is 14.2. The van der Waals surface area contributed by atoms with Gasteiger partial charge >= 0.3 is 0 Å². The smallest absolute Gasteiger partial charge is 0.255 e. The minimum absolute atomic E-state index is 0.151. The number of fused-ring (bicyclic) bond motifs is 1. The first kappa shape index (κ1) is 12.8. The van der Waals surface area contributed by atoms with Crippen LogP contribution in [0.4, 0.5) is 4.39 Å². The number of halogens is 2. The summed E-state index contributed by atoms with van der Waals surface area (Å²) in [6, 6.07) is 16.1. The highest BCUT2D eigenvalue weighted by molar-refractivity contribution is 6.67. The number of pyridine rings is 1. The van der Waals surface area contributed by atoms with E-state index in [9.17, 15) is 9.18 Å². The van der Waals surface area contributed by atoms with Crippen molar-refractivity contribution in [2.24, 2.45) is 0 Å². The van der Waals surface area contributed by atoms with Gasteiger partial charge in [-0.1, -0.05) is 42.5 Å². The maximum Gasteiger partial charge on any atom is 0.255 e. The third kappa shape index (κ3) is 2.17. The van der Waals surface area contributed by atoms with Gasteiger partial charge in [0.25, 0.3) is 5.24 Å². The van der Waals surface area contributed by atoms with Gasteiger partial charge in [-0.25, -0.2) is 9.37 Å². The molecule has 0 aliphatic rings. The quantitative estimate of drug-likeness (QED) is 0.652. The number of carbonyl (C=O) groups excluding carboxylic acids is 1. The van der Waals surface area contributed by atoms with Crippen LogP contribution in [-0.4, -0.2) is 10.2 Å². The van der Waals surface area contributed by atoms with Crippen LogP contribution >= 0.6 is 11.6 Å². The van der Waals surface area contributed by atoms with Gasteiger partial charge in [0.05, 0.1) is 11.3 Å². The van der Waals surface area contributed by atoms with E-state index in [2.05, 4.69) is 4.98 Å². The van der Waals surface area contributed by atoms with Gasteiger partial charge in [-0.15, -0.1) is 0 Å². The van der Waals surface area contributed by atoms with Crippen LogP contribution in [0.1, 0.15) is 10.4 Å². The lowest BCUT2D eigenvalue weighted by molar-refractivity contribution is 0.107. The second-order valence-electron chi connectivity index (χ2n) is 4.34. The van der Waals surface area contributed by atoms with E-state index in [1.54, 1.807) is 12.1 Å². The molecule has 0 saturated heterocycles. The predicted molar refractivity (Wildman–Crippen MR) is 77.3 cm³/mol. The highest BCUT2D eigenvalue weighted by atomic mass is 35.5. The van der Waals surface area contributed by atoms with Gasteiger partial charge in [0, 0.05) is 10.9 Å². The highest BCUT2D eigenvalue weighted by Gasteiger charge is 2.14. The Kier molecular flexibility index (Phi) is 3.20. The van der Waals surface area contributed by atoms with E-state index >= 15 is 0 Å². The van der Waals surface area contributed by atoms with Crippen molar-refractivity contribution in [1.29, 1.82) is 0 Å². The summed E-state index contributed by atoms with van der Waals surface area (Å²) in [4.78, 5) is 15.5. The van der Waals surface area contributed by atoms with Gasteiger partial charge in [0.2, 0.25) is 0 Å². The normalized spacial score (nSPS) is 10.7. The summed E-state index contributed by atoms with van der Waals surface area (Å²) < 4.78 is 14.2. The molecule has 0 aliphatic heterocycles. The molecule has 2 nitrogen and oxygen atoms in total. The molecule has 0 fully saturated rings. The molecule has 20 heavy (non-hydrogen) atoms. The lowest BCUT2D eigenvalue weighted by Gasteiger charge is -2.05. The van der Waals surface area contributed by atoms with Crippen LogP contribution in [0.25, 0.3) is 22.2 Å². The Morgan fingerprint density at radius 2 is 1.70 bits per heavy atom. The van der Waals surface area contributed by atoms with E-state index in [0.717, 1.165) is 5.56 Å². The SMILES string of the molecule is O=C(Cl)c1ccc2ccc(-c3ccccc3)nc2c1F. The van der Waals surface area contributed by atoms with Crippen LogP contribution in [-0.2, 0) is 0 Å². The van der Waals surface area contributed by atoms with Crippen molar-refractivity contribution in [1.82, 2.24) is 4.98 Å². The molecule has 0 saturated carbocycles. The third-order valence-corrected chi connectivity index (χ3v) is 3.29.